The number of benzene rings is 1. The van der Waals surface area contributed by atoms with Crippen LogP contribution in [-0.2, 0) is 0 Å². The summed E-state index contributed by atoms with van der Waals surface area (Å²) in [5.74, 6) is 0. The zero-order chi connectivity index (χ0) is 11.5. The first-order valence-corrected chi connectivity index (χ1v) is 6.08. The highest BCUT2D eigenvalue weighted by Gasteiger charge is 2.07. The van der Waals surface area contributed by atoms with E-state index in [0.29, 0.717) is 5.02 Å². The van der Waals surface area contributed by atoms with Crippen LogP contribution in [0, 0.1) is 0 Å². The molecule has 16 heavy (non-hydrogen) atoms. The van der Waals surface area contributed by atoms with Gasteiger partial charge >= 0.3 is 0 Å². The number of rotatable bonds is 3. The van der Waals surface area contributed by atoms with Crippen molar-refractivity contribution in [3.8, 4) is 0 Å². The number of imidazole rings is 1. The van der Waals surface area contributed by atoms with Crippen LogP contribution < -0.4 is 5.73 Å². The Bertz CT molecular complexity index is 468. The molecule has 0 spiro atoms. The predicted molar refractivity (Wildman–Crippen MR) is 66.8 cm³/mol. The van der Waals surface area contributed by atoms with Crippen LogP contribution in [0.1, 0.15) is 18.5 Å². The van der Waals surface area contributed by atoms with Crippen molar-refractivity contribution in [3.05, 3.63) is 41.2 Å². The molecule has 0 aliphatic rings. The van der Waals surface area contributed by atoms with Crippen LogP contribution in [0.3, 0.4) is 0 Å². The van der Waals surface area contributed by atoms with Crippen molar-refractivity contribution in [3.63, 3.8) is 0 Å². The van der Waals surface area contributed by atoms with E-state index in [4.69, 9.17) is 17.3 Å². The van der Waals surface area contributed by atoms with Gasteiger partial charge in [-0.1, -0.05) is 29.4 Å². The number of nitrogens with zero attached hydrogens (tertiary/aromatic N) is 1. The number of H-pyrrole nitrogens is 1. The van der Waals surface area contributed by atoms with Gasteiger partial charge in [0.25, 0.3) is 0 Å². The Hall–Kier alpha value is -0.970. The van der Waals surface area contributed by atoms with Crippen molar-refractivity contribution in [1.29, 1.82) is 0 Å². The number of nitrogens with one attached hydrogen (secondary N) is 1. The number of halogens is 1. The summed E-state index contributed by atoms with van der Waals surface area (Å²) in [6.45, 7) is 1.94. The normalized spacial score (nSPS) is 12.7. The van der Waals surface area contributed by atoms with E-state index in [2.05, 4.69) is 9.97 Å². The Labute approximate surface area is 103 Å². The average Bonchev–Trinajstić information content (AvgIpc) is 2.73. The minimum absolute atomic E-state index is 0.000151. The summed E-state index contributed by atoms with van der Waals surface area (Å²) < 4.78 is 0. The summed E-state index contributed by atoms with van der Waals surface area (Å²) in [6.07, 6.45) is 3.50. The van der Waals surface area contributed by atoms with Crippen LogP contribution in [0.2, 0.25) is 5.02 Å². The first kappa shape index (κ1) is 11.5. The van der Waals surface area contributed by atoms with Gasteiger partial charge in [-0.2, -0.15) is 0 Å². The third-order valence-electron chi connectivity index (χ3n) is 2.16. The maximum Gasteiger partial charge on any atom is 0.170 e. The number of aromatic nitrogens is 2. The number of aromatic amines is 1. The van der Waals surface area contributed by atoms with Crippen molar-refractivity contribution < 1.29 is 0 Å². The van der Waals surface area contributed by atoms with Gasteiger partial charge in [-0.3, -0.25) is 0 Å². The molecule has 3 N–H and O–H groups in total. The Balaban J connectivity index is 2.23. The predicted octanol–water partition coefficient (Wildman–Crippen LogP) is 3.23. The lowest BCUT2D eigenvalue weighted by molar-refractivity contribution is 0.817. The number of hydrogen-bond donors (Lipinski definition) is 2. The van der Waals surface area contributed by atoms with Crippen molar-refractivity contribution in [2.45, 2.75) is 23.0 Å². The molecule has 0 saturated heterocycles. The molecule has 0 bridgehead atoms. The summed E-state index contributed by atoms with van der Waals surface area (Å²) in [6, 6.07) is 5.85. The van der Waals surface area contributed by atoms with Crippen LogP contribution in [0.15, 0.2) is 40.6 Å². The number of hydrogen-bond acceptors (Lipinski definition) is 3. The van der Waals surface area contributed by atoms with Crippen molar-refractivity contribution in [2.75, 3.05) is 0 Å². The van der Waals surface area contributed by atoms with E-state index in [0.717, 1.165) is 15.6 Å². The van der Waals surface area contributed by atoms with Gasteiger partial charge in [0.1, 0.15) is 0 Å². The molecule has 0 aliphatic carbocycles. The van der Waals surface area contributed by atoms with E-state index in [-0.39, 0.29) is 6.04 Å². The zero-order valence-corrected chi connectivity index (χ0v) is 10.3. The van der Waals surface area contributed by atoms with Crippen molar-refractivity contribution in [2.24, 2.45) is 5.73 Å². The topological polar surface area (TPSA) is 54.7 Å². The smallest absolute Gasteiger partial charge is 0.170 e. The highest BCUT2D eigenvalue weighted by Crippen LogP contribution is 2.32. The average molecular weight is 254 g/mol. The lowest BCUT2D eigenvalue weighted by Gasteiger charge is -2.08. The third kappa shape index (κ3) is 2.58. The van der Waals surface area contributed by atoms with Crippen LogP contribution in [-0.4, -0.2) is 9.97 Å². The molecule has 0 fully saturated rings. The largest absolute Gasteiger partial charge is 0.339 e. The fraction of sp³-hybridized carbons (Fsp3) is 0.182. The minimum atomic E-state index is 0.000151. The molecule has 0 saturated carbocycles. The molecular formula is C11H12ClN3S. The molecule has 2 aromatic rings. The fourth-order valence-electron chi connectivity index (χ4n) is 1.29. The van der Waals surface area contributed by atoms with Gasteiger partial charge in [0.2, 0.25) is 0 Å². The van der Waals surface area contributed by atoms with Gasteiger partial charge in [-0.15, -0.1) is 0 Å². The van der Waals surface area contributed by atoms with Crippen molar-refractivity contribution in [1.82, 2.24) is 9.97 Å². The molecule has 1 heterocycles. The zero-order valence-electron chi connectivity index (χ0n) is 8.77. The van der Waals surface area contributed by atoms with E-state index in [9.17, 15) is 0 Å². The van der Waals surface area contributed by atoms with E-state index >= 15 is 0 Å². The second-order valence-corrected chi connectivity index (χ2v) is 4.91. The Kier molecular flexibility index (Phi) is 3.53. The molecule has 0 amide bonds. The molecule has 1 aromatic carbocycles. The molecule has 2 rings (SSSR count). The maximum atomic E-state index is 6.17. The second-order valence-electron chi connectivity index (χ2n) is 3.47. The molecule has 5 heteroatoms. The Morgan fingerprint density at radius 3 is 2.88 bits per heavy atom. The first-order valence-electron chi connectivity index (χ1n) is 4.89. The van der Waals surface area contributed by atoms with Gasteiger partial charge in [-0.25, -0.2) is 4.98 Å². The lowest BCUT2D eigenvalue weighted by atomic mass is 10.1. The van der Waals surface area contributed by atoms with E-state index < -0.39 is 0 Å². The van der Waals surface area contributed by atoms with Crippen LogP contribution in [0.4, 0.5) is 0 Å². The highest BCUT2D eigenvalue weighted by atomic mass is 35.5. The van der Waals surface area contributed by atoms with Crippen molar-refractivity contribution >= 4 is 23.4 Å². The van der Waals surface area contributed by atoms with E-state index in [1.54, 1.807) is 12.4 Å². The molecule has 1 atom stereocenters. The highest BCUT2D eigenvalue weighted by molar-refractivity contribution is 7.99. The van der Waals surface area contributed by atoms with Crippen LogP contribution >= 0.6 is 23.4 Å². The molecule has 3 nitrogen and oxygen atoms in total. The lowest BCUT2D eigenvalue weighted by Crippen LogP contribution is -2.04. The summed E-state index contributed by atoms with van der Waals surface area (Å²) in [4.78, 5) is 8.13. The van der Waals surface area contributed by atoms with Gasteiger partial charge < -0.3 is 10.7 Å². The maximum absolute atomic E-state index is 6.17. The molecule has 0 aliphatic heterocycles. The first-order chi connectivity index (χ1) is 7.66. The fourth-order valence-corrected chi connectivity index (χ4v) is 2.34. The Morgan fingerprint density at radius 2 is 2.31 bits per heavy atom. The van der Waals surface area contributed by atoms with Gasteiger partial charge in [-0.05, 0) is 24.6 Å². The van der Waals surface area contributed by atoms with Gasteiger partial charge in [0, 0.05) is 23.3 Å². The molecule has 1 aromatic heterocycles. The van der Waals surface area contributed by atoms with E-state index in [1.807, 2.05) is 25.1 Å². The van der Waals surface area contributed by atoms with Gasteiger partial charge in [0.15, 0.2) is 5.16 Å². The standard InChI is InChI=1S/C11H12ClN3S/c1-7(13)8-2-3-10(9(12)6-8)16-11-14-4-5-15-11/h2-7H,13H2,1H3,(H,14,15)/t7-/m1/s1. The molecule has 84 valence electrons. The second kappa shape index (κ2) is 4.91. The van der Waals surface area contributed by atoms with Crippen LogP contribution in [0.25, 0.3) is 0 Å². The van der Waals surface area contributed by atoms with E-state index in [1.165, 1.54) is 11.8 Å². The Morgan fingerprint density at radius 1 is 1.50 bits per heavy atom. The van der Waals surface area contributed by atoms with Gasteiger partial charge in [0.05, 0.1) is 5.02 Å². The molecule has 0 unspecified atom stereocenters. The monoisotopic (exact) mass is 253 g/mol. The summed E-state index contributed by atoms with van der Waals surface area (Å²) in [5, 5.41) is 1.53. The third-order valence-corrected chi connectivity index (χ3v) is 3.58. The quantitative estimate of drug-likeness (QED) is 0.883. The van der Waals surface area contributed by atoms with Crippen LogP contribution in [0.5, 0.6) is 0 Å². The summed E-state index contributed by atoms with van der Waals surface area (Å²) in [5.41, 5.74) is 6.82. The molecule has 0 radical (unpaired) electrons. The molecular weight excluding hydrogens is 242 g/mol. The SMILES string of the molecule is C[C@@H](N)c1ccc(Sc2ncc[nH]2)c(Cl)c1. The summed E-state index contributed by atoms with van der Waals surface area (Å²) in [7, 11) is 0. The number of nitrogens with two attached hydrogens (primary N) is 1. The summed E-state index contributed by atoms with van der Waals surface area (Å²) >= 11 is 7.67. The minimum Gasteiger partial charge on any atom is -0.339 e.